The van der Waals surface area contributed by atoms with Gasteiger partial charge < -0.3 is 4.42 Å². The normalized spacial score (nSPS) is 11.4. The van der Waals surface area contributed by atoms with Gasteiger partial charge in [0.05, 0.1) is 22.0 Å². The maximum absolute atomic E-state index is 6.19. The third kappa shape index (κ3) is 4.87. The zero-order chi connectivity index (χ0) is 31.2. The average Bonchev–Trinajstić information content (AvgIpc) is 3.53. The summed E-state index contributed by atoms with van der Waals surface area (Å²) in [4.78, 5) is 29.1. The summed E-state index contributed by atoms with van der Waals surface area (Å²) >= 11 is 0. The summed E-state index contributed by atoms with van der Waals surface area (Å²) < 4.78 is 6.19. The van der Waals surface area contributed by atoms with Crippen LogP contribution in [0.2, 0.25) is 0 Å². The van der Waals surface area contributed by atoms with E-state index in [1.54, 1.807) is 6.20 Å². The molecule has 0 fully saturated rings. The number of nitrogens with zero attached hydrogens (tertiary/aromatic N) is 6. The summed E-state index contributed by atoms with van der Waals surface area (Å²) in [5.41, 5.74) is 8.35. The van der Waals surface area contributed by atoms with Gasteiger partial charge in [-0.2, -0.15) is 0 Å². The second-order valence-electron chi connectivity index (χ2n) is 11.2. The van der Waals surface area contributed by atoms with Crippen LogP contribution >= 0.6 is 0 Å². The second kappa shape index (κ2) is 11.1. The maximum Gasteiger partial charge on any atom is 0.227 e. The van der Waals surface area contributed by atoms with E-state index < -0.39 is 0 Å². The van der Waals surface area contributed by atoms with Gasteiger partial charge in [-0.05, 0) is 35.9 Å². The molecule has 5 heterocycles. The van der Waals surface area contributed by atoms with Crippen molar-refractivity contribution < 1.29 is 4.42 Å². The molecule has 0 saturated heterocycles. The highest BCUT2D eigenvalue weighted by atomic mass is 16.3. The Bertz CT molecular complexity index is 2520. The lowest BCUT2D eigenvalue weighted by molar-refractivity contribution is 0.654. The zero-order valence-electron chi connectivity index (χ0n) is 24.9. The minimum absolute atomic E-state index is 0.549. The van der Waals surface area contributed by atoms with E-state index in [0.717, 1.165) is 60.9 Å². The summed E-state index contributed by atoms with van der Waals surface area (Å²) in [6, 6.07) is 44.3. The van der Waals surface area contributed by atoms with Gasteiger partial charge in [-0.1, -0.05) is 103 Å². The fourth-order valence-electron chi connectivity index (χ4n) is 5.93. The third-order valence-electron chi connectivity index (χ3n) is 8.23. The summed E-state index contributed by atoms with van der Waals surface area (Å²) in [6.45, 7) is 0. The average molecular weight is 605 g/mol. The number of rotatable bonds is 5. The van der Waals surface area contributed by atoms with Gasteiger partial charge in [0.15, 0.2) is 17.5 Å². The second-order valence-corrected chi connectivity index (χ2v) is 11.2. The first-order valence-electron chi connectivity index (χ1n) is 15.3. The monoisotopic (exact) mass is 604 g/mol. The molecule has 0 N–H and O–H groups in total. The van der Waals surface area contributed by atoms with Crippen LogP contribution in [0.3, 0.4) is 0 Å². The fraction of sp³-hybridized carbons (Fsp3) is 0. The van der Waals surface area contributed by atoms with Crippen molar-refractivity contribution in [1.82, 2.24) is 29.9 Å². The Kier molecular flexibility index (Phi) is 6.31. The SMILES string of the molecule is c1ccc(-c2nc(-c3ccccc3)nc(-c3cccc(-c4cnc5oc6ccnc(-c7ccc8ccccc8n7)c6c5c4)c3)n2)cc1. The Labute approximate surface area is 269 Å². The van der Waals surface area contributed by atoms with Crippen molar-refractivity contribution in [2.45, 2.75) is 0 Å². The van der Waals surface area contributed by atoms with Crippen molar-refractivity contribution in [3.63, 3.8) is 0 Å². The number of benzene rings is 4. The van der Waals surface area contributed by atoms with Crippen LogP contribution in [0.1, 0.15) is 0 Å². The number of aromatic nitrogens is 6. The Morgan fingerprint density at radius 1 is 0.468 bits per heavy atom. The van der Waals surface area contributed by atoms with Crippen molar-refractivity contribution >= 4 is 33.0 Å². The van der Waals surface area contributed by atoms with E-state index in [1.807, 2.05) is 109 Å². The van der Waals surface area contributed by atoms with Gasteiger partial charge in [0, 0.05) is 40.0 Å². The molecule has 9 rings (SSSR count). The maximum atomic E-state index is 6.19. The fourth-order valence-corrected chi connectivity index (χ4v) is 5.93. The highest BCUT2D eigenvalue weighted by molar-refractivity contribution is 6.11. The zero-order valence-corrected chi connectivity index (χ0v) is 24.9. The standard InChI is InChI=1S/C40H24N6O/c1-3-11-26(12-4-1)37-44-38(27-13-5-2-6-14-27)46-39(45-37)29-16-9-15-28(22-29)30-23-31-35-34(47-40(31)42-24-30)20-21-41-36(35)33-19-18-25-10-7-8-17-32(25)43-33/h1-24H. The first kappa shape index (κ1) is 26.8. The highest BCUT2D eigenvalue weighted by Crippen LogP contribution is 2.37. The topological polar surface area (TPSA) is 90.5 Å². The molecule has 220 valence electrons. The highest BCUT2D eigenvalue weighted by Gasteiger charge is 2.18. The molecule has 0 atom stereocenters. The first-order chi connectivity index (χ1) is 23.3. The molecule has 0 aliphatic carbocycles. The predicted molar refractivity (Wildman–Crippen MR) is 185 cm³/mol. The van der Waals surface area contributed by atoms with Gasteiger partial charge in [0.25, 0.3) is 0 Å². The van der Waals surface area contributed by atoms with E-state index in [1.165, 1.54) is 0 Å². The van der Waals surface area contributed by atoms with Crippen LogP contribution in [-0.2, 0) is 0 Å². The molecule has 0 aliphatic heterocycles. The molecule has 0 spiro atoms. The van der Waals surface area contributed by atoms with Gasteiger partial charge in [0.1, 0.15) is 11.3 Å². The molecule has 7 nitrogen and oxygen atoms in total. The number of pyridine rings is 3. The molecule has 0 bridgehead atoms. The van der Waals surface area contributed by atoms with E-state index in [9.17, 15) is 0 Å². The van der Waals surface area contributed by atoms with E-state index >= 15 is 0 Å². The molecule has 4 aromatic carbocycles. The predicted octanol–water partition coefficient (Wildman–Crippen LogP) is 9.44. The number of fused-ring (bicyclic) bond motifs is 4. The Balaban J connectivity index is 1.17. The van der Waals surface area contributed by atoms with Crippen molar-refractivity contribution in [1.29, 1.82) is 0 Å². The van der Waals surface area contributed by atoms with Gasteiger partial charge in [-0.25, -0.2) is 24.9 Å². The Morgan fingerprint density at radius 3 is 1.89 bits per heavy atom. The largest absolute Gasteiger partial charge is 0.438 e. The van der Waals surface area contributed by atoms with E-state index in [2.05, 4.69) is 30.3 Å². The Hall–Kier alpha value is -6.60. The van der Waals surface area contributed by atoms with Crippen LogP contribution in [0.5, 0.6) is 0 Å². The van der Waals surface area contributed by atoms with Crippen molar-refractivity contribution in [2.24, 2.45) is 0 Å². The van der Waals surface area contributed by atoms with Crippen molar-refractivity contribution in [2.75, 3.05) is 0 Å². The quantitative estimate of drug-likeness (QED) is 0.193. The Morgan fingerprint density at radius 2 is 1.13 bits per heavy atom. The van der Waals surface area contributed by atoms with Gasteiger partial charge >= 0.3 is 0 Å². The van der Waals surface area contributed by atoms with Gasteiger partial charge in [-0.3, -0.25) is 4.98 Å². The molecule has 5 aromatic heterocycles. The van der Waals surface area contributed by atoms with Crippen LogP contribution in [0.25, 0.3) is 89.7 Å². The van der Waals surface area contributed by atoms with Gasteiger partial charge in [0.2, 0.25) is 5.71 Å². The molecule has 7 heteroatoms. The summed E-state index contributed by atoms with van der Waals surface area (Å²) in [6.07, 6.45) is 3.59. The molecule has 47 heavy (non-hydrogen) atoms. The molecule has 0 saturated carbocycles. The minimum Gasteiger partial charge on any atom is -0.438 e. The molecule has 0 radical (unpaired) electrons. The molecule has 0 aliphatic rings. The molecular weight excluding hydrogens is 580 g/mol. The lowest BCUT2D eigenvalue weighted by atomic mass is 10.0. The lowest BCUT2D eigenvalue weighted by Gasteiger charge is -2.09. The third-order valence-corrected chi connectivity index (χ3v) is 8.23. The first-order valence-corrected chi connectivity index (χ1v) is 15.3. The number of furan rings is 1. The van der Waals surface area contributed by atoms with E-state index in [-0.39, 0.29) is 0 Å². The summed E-state index contributed by atoms with van der Waals surface area (Å²) in [5.74, 6) is 1.83. The van der Waals surface area contributed by atoms with Crippen molar-refractivity contribution in [3.8, 4) is 56.7 Å². The van der Waals surface area contributed by atoms with Crippen LogP contribution in [0.4, 0.5) is 0 Å². The lowest BCUT2D eigenvalue weighted by Crippen LogP contribution is -2.00. The van der Waals surface area contributed by atoms with Crippen LogP contribution < -0.4 is 0 Å². The van der Waals surface area contributed by atoms with Crippen LogP contribution in [-0.4, -0.2) is 29.9 Å². The smallest absolute Gasteiger partial charge is 0.227 e. The number of hydrogen-bond acceptors (Lipinski definition) is 7. The molecular formula is C40H24N6O. The van der Waals surface area contributed by atoms with Gasteiger partial charge in [-0.15, -0.1) is 0 Å². The molecule has 0 amide bonds. The number of para-hydroxylation sites is 1. The molecule has 9 aromatic rings. The van der Waals surface area contributed by atoms with Crippen molar-refractivity contribution in [3.05, 3.63) is 146 Å². The minimum atomic E-state index is 0.549. The summed E-state index contributed by atoms with van der Waals surface area (Å²) in [5, 5.41) is 2.83. The van der Waals surface area contributed by atoms with Crippen LogP contribution in [0.15, 0.2) is 150 Å². The summed E-state index contributed by atoms with van der Waals surface area (Å²) in [7, 11) is 0. The van der Waals surface area contributed by atoms with Crippen LogP contribution in [0, 0.1) is 0 Å². The molecule has 0 unspecified atom stereocenters. The van der Waals surface area contributed by atoms with E-state index in [4.69, 9.17) is 34.3 Å². The van der Waals surface area contributed by atoms with E-state index in [0.29, 0.717) is 28.8 Å². The number of hydrogen-bond donors (Lipinski definition) is 0.